The average Bonchev–Trinajstić information content (AvgIpc) is 2.57. The van der Waals surface area contributed by atoms with E-state index in [4.69, 9.17) is 5.73 Å². The maximum atomic E-state index is 11.4. The Labute approximate surface area is 106 Å². The summed E-state index contributed by atoms with van der Waals surface area (Å²) in [5.74, 6) is -0.174. The monoisotopic (exact) mass is 253 g/mol. The Hall–Kier alpha value is -1.52. The summed E-state index contributed by atoms with van der Waals surface area (Å²) < 4.78 is 0. The predicted octanol–water partition coefficient (Wildman–Crippen LogP) is 2.18. The molecular weight excluding hydrogens is 238 g/mol. The number of fused-ring (bicyclic) bond motifs is 1. The lowest BCUT2D eigenvalue weighted by atomic mass is 10.2. The van der Waals surface area contributed by atoms with Crippen molar-refractivity contribution in [2.45, 2.75) is 19.9 Å². The molecule has 0 aliphatic rings. The number of aryl methyl sites for hydroxylation is 1. The van der Waals surface area contributed by atoms with E-state index in [1.54, 1.807) is 6.92 Å². The molecule has 0 aliphatic carbocycles. The van der Waals surface area contributed by atoms with Gasteiger partial charge in [0.25, 0.3) is 0 Å². The normalized spacial score (nSPS) is 11.9. The van der Waals surface area contributed by atoms with E-state index in [0.717, 1.165) is 22.3 Å². The maximum Gasteiger partial charge on any atom is 0.240 e. The molecule has 0 fully saturated rings. The molecule has 0 bridgehead atoms. The van der Waals surface area contributed by atoms with E-state index >= 15 is 0 Å². The summed E-state index contributed by atoms with van der Waals surface area (Å²) >= 11 is 0. The minimum Gasteiger partial charge on any atom is -0.359 e. The highest BCUT2D eigenvalue weighted by Crippen LogP contribution is 2.19. The summed E-state index contributed by atoms with van der Waals surface area (Å²) in [5.41, 5.74) is 8.42. The molecule has 17 heavy (non-hydrogen) atoms. The summed E-state index contributed by atoms with van der Waals surface area (Å²) in [6, 6.07) is 7.27. The van der Waals surface area contributed by atoms with Crippen LogP contribution in [0.3, 0.4) is 0 Å². The second-order valence-electron chi connectivity index (χ2n) is 4.03. The molecule has 1 unspecified atom stereocenters. The molecule has 0 aliphatic heterocycles. The average molecular weight is 254 g/mol. The minimum absolute atomic E-state index is 0. The van der Waals surface area contributed by atoms with Crippen LogP contribution in [0.5, 0.6) is 0 Å². The molecule has 4 nitrogen and oxygen atoms in total. The maximum absolute atomic E-state index is 11.4. The number of rotatable bonds is 2. The van der Waals surface area contributed by atoms with Crippen LogP contribution in [0, 0.1) is 6.92 Å². The first-order valence-corrected chi connectivity index (χ1v) is 5.22. The number of halogens is 1. The number of amides is 1. The Morgan fingerprint density at radius 1 is 1.41 bits per heavy atom. The quantitative estimate of drug-likeness (QED) is 0.768. The number of hydrogen-bond donors (Lipinski definition) is 3. The number of anilines is 1. The molecule has 0 spiro atoms. The van der Waals surface area contributed by atoms with Crippen LogP contribution in [0.2, 0.25) is 0 Å². The van der Waals surface area contributed by atoms with Crippen molar-refractivity contribution in [3.8, 4) is 0 Å². The van der Waals surface area contributed by atoms with Crippen molar-refractivity contribution >= 4 is 34.9 Å². The number of carbonyl (C=O) groups is 1. The topological polar surface area (TPSA) is 70.9 Å². The fourth-order valence-corrected chi connectivity index (χ4v) is 1.61. The van der Waals surface area contributed by atoms with Gasteiger partial charge in [-0.25, -0.2) is 0 Å². The van der Waals surface area contributed by atoms with Gasteiger partial charge >= 0.3 is 0 Å². The van der Waals surface area contributed by atoms with Crippen LogP contribution >= 0.6 is 12.4 Å². The standard InChI is InChI=1S/C12H15N3O.ClH/c1-7-5-9-6-10(3-4-11(9)14-7)15-12(16)8(2)13;/h3-6,8,14H,13H2,1-2H3,(H,15,16);1H. The van der Waals surface area contributed by atoms with Gasteiger partial charge in [-0.2, -0.15) is 0 Å². The fraction of sp³-hybridized carbons (Fsp3) is 0.250. The Morgan fingerprint density at radius 2 is 2.12 bits per heavy atom. The SMILES string of the molecule is Cc1cc2cc(NC(=O)C(C)N)ccc2[nH]1.Cl. The van der Waals surface area contributed by atoms with Crippen molar-refractivity contribution in [1.82, 2.24) is 4.98 Å². The van der Waals surface area contributed by atoms with E-state index in [1.165, 1.54) is 0 Å². The molecule has 1 aromatic heterocycles. The lowest BCUT2D eigenvalue weighted by Gasteiger charge is -2.07. The Bertz CT molecular complexity index is 534. The summed E-state index contributed by atoms with van der Waals surface area (Å²) in [6.07, 6.45) is 0. The minimum atomic E-state index is -0.497. The molecule has 4 N–H and O–H groups in total. The second-order valence-corrected chi connectivity index (χ2v) is 4.03. The molecule has 1 aromatic carbocycles. The highest BCUT2D eigenvalue weighted by Gasteiger charge is 2.07. The number of hydrogen-bond acceptors (Lipinski definition) is 2. The van der Waals surface area contributed by atoms with E-state index < -0.39 is 6.04 Å². The third-order valence-electron chi connectivity index (χ3n) is 2.44. The summed E-state index contributed by atoms with van der Waals surface area (Å²) in [4.78, 5) is 14.6. The largest absolute Gasteiger partial charge is 0.359 e. The van der Waals surface area contributed by atoms with Crippen LogP contribution < -0.4 is 11.1 Å². The van der Waals surface area contributed by atoms with Crippen LogP contribution in [0.1, 0.15) is 12.6 Å². The van der Waals surface area contributed by atoms with Gasteiger partial charge in [0.05, 0.1) is 6.04 Å². The van der Waals surface area contributed by atoms with Gasteiger partial charge in [-0.3, -0.25) is 4.79 Å². The van der Waals surface area contributed by atoms with Gasteiger partial charge in [0.2, 0.25) is 5.91 Å². The van der Waals surface area contributed by atoms with Gasteiger partial charge < -0.3 is 16.0 Å². The Morgan fingerprint density at radius 3 is 2.76 bits per heavy atom. The molecule has 2 aromatic rings. The zero-order valence-electron chi connectivity index (χ0n) is 9.78. The molecule has 1 amide bonds. The zero-order chi connectivity index (χ0) is 11.7. The van der Waals surface area contributed by atoms with E-state index in [-0.39, 0.29) is 18.3 Å². The van der Waals surface area contributed by atoms with Crippen LogP contribution in [-0.2, 0) is 4.79 Å². The number of nitrogens with two attached hydrogens (primary N) is 1. The summed E-state index contributed by atoms with van der Waals surface area (Å²) in [7, 11) is 0. The second kappa shape index (κ2) is 5.21. The molecule has 5 heteroatoms. The molecule has 1 atom stereocenters. The van der Waals surface area contributed by atoms with Crippen LogP contribution in [-0.4, -0.2) is 16.9 Å². The number of H-pyrrole nitrogens is 1. The molecule has 0 saturated carbocycles. The van der Waals surface area contributed by atoms with Crippen molar-refractivity contribution in [2.24, 2.45) is 5.73 Å². The van der Waals surface area contributed by atoms with Gasteiger partial charge in [-0.1, -0.05) is 0 Å². The number of aromatic amines is 1. The van der Waals surface area contributed by atoms with Crippen LogP contribution in [0.25, 0.3) is 10.9 Å². The van der Waals surface area contributed by atoms with E-state index in [0.29, 0.717) is 0 Å². The fourth-order valence-electron chi connectivity index (χ4n) is 1.61. The van der Waals surface area contributed by atoms with Gasteiger partial charge in [-0.15, -0.1) is 12.4 Å². The first-order chi connectivity index (χ1) is 7.56. The highest BCUT2D eigenvalue weighted by molar-refractivity contribution is 5.96. The molecule has 0 saturated heterocycles. The molecular formula is C12H16ClN3O. The molecule has 2 rings (SSSR count). The molecule has 0 radical (unpaired) electrons. The van der Waals surface area contributed by atoms with E-state index in [1.807, 2.05) is 31.2 Å². The smallest absolute Gasteiger partial charge is 0.240 e. The van der Waals surface area contributed by atoms with Crippen molar-refractivity contribution in [2.75, 3.05) is 5.32 Å². The summed E-state index contributed by atoms with van der Waals surface area (Å²) in [6.45, 7) is 3.66. The van der Waals surface area contributed by atoms with Crippen LogP contribution in [0.15, 0.2) is 24.3 Å². The molecule has 1 heterocycles. The van der Waals surface area contributed by atoms with Gasteiger partial charge in [-0.05, 0) is 38.1 Å². The van der Waals surface area contributed by atoms with Gasteiger partial charge in [0.15, 0.2) is 0 Å². The molecule has 92 valence electrons. The van der Waals surface area contributed by atoms with Crippen molar-refractivity contribution in [1.29, 1.82) is 0 Å². The highest BCUT2D eigenvalue weighted by atomic mass is 35.5. The first kappa shape index (κ1) is 13.5. The third-order valence-corrected chi connectivity index (χ3v) is 2.44. The predicted molar refractivity (Wildman–Crippen MR) is 72.6 cm³/mol. The number of nitrogens with one attached hydrogen (secondary N) is 2. The summed E-state index contributed by atoms with van der Waals surface area (Å²) in [5, 5.41) is 3.85. The van der Waals surface area contributed by atoms with E-state index in [2.05, 4.69) is 10.3 Å². The zero-order valence-corrected chi connectivity index (χ0v) is 10.6. The third kappa shape index (κ3) is 2.99. The van der Waals surface area contributed by atoms with Crippen molar-refractivity contribution < 1.29 is 4.79 Å². The van der Waals surface area contributed by atoms with Crippen molar-refractivity contribution in [3.05, 3.63) is 30.0 Å². The Kier molecular flexibility index (Phi) is 4.15. The number of carbonyl (C=O) groups excluding carboxylic acids is 1. The Balaban J connectivity index is 0.00000144. The lowest BCUT2D eigenvalue weighted by Crippen LogP contribution is -2.32. The lowest BCUT2D eigenvalue weighted by molar-refractivity contribution is -0.117. The van der Waals surface area contributed by atoms with Crippen LogP contribution in [0.4, 0.5) is 5.69 Å². The van der Waals surface area contributed by atoms with Crippen molar-refractivity contribution in [3.63, 3.8) is 0 Å². The number of benzene rings is 1. The number of aromatic nitrogens is 1. The van der Waals surface area contributed by atoms with Gasteiger partial charge in [0, 0.05) is 22.3 Å². The van der Waals surface area contributed by atoms with E-state index in [9.17, 15) is 4.79 Å². The van der Waals surface area contributed by atoms with Gasteiger partial charge in [0.1, 0.15) is 0 Å². The first-order valence-electron chi connectivity index (χ1n) is 5.22.